The maximum Gasteiger partial charge on any atom is 0.191 e. The molecule has 0 aromatic carbocycles. The third kappa shape index (κ3) is 5.27. The largest absolute Gasteiger partial charge is 0.383 e. The van der Waals surface area contributed by atoms with Crippen molar-refractivity contribution in [3.63, 3.8) is 0 Å². The Labute approximate surface area is 135 Å². The van der Waals surface area contributed by atoms with Crippen LogP contribution in [-0.4, -0.2) is 30.2 Å². The van der Waals surface area contributed by atoms with Crippen molar-refractivity contribution in [2.24, 2.45) is 4.99 Å². The Morgan fingerprint density at radius 3 is 2.84 bits per heavy atom. The molecule has 0 spiro atoms. The van der Waals surface area contributed by atoms with Crippen molar-refractivity contribution < 1.29 is 5.11 Å². The number of hydrogen-bond acceptors (Lipinski definition) is 3. The summed E-state index contributed by atoms with van der Waals surface area (Å²) in [6, 6.07) is 4.46. The van der Waals surface area contributed by atoms with Gasteiger partial charge in [0.25, 0.3) is 0 Å². The fourth-order valence-electron chi connectivity index (χ4n) is 1.64. The second-order valence-corrected chi connectivity index (χ2v) is 5.81. The van der Waals surface area contributed by atoms with Crippen LogP contribution in [0.1, 0.15) is 31.6 Å². The van der Waals surface area contributed by atoms with Gasteiger partial charge in [0.15, 0.2) is 5.96 Å². The van der Waals surface area contributed by atoms with E-state index in [0.717, 1.165) is 17.4 Å². The van der Waals surface area contributed by atoms with Crippen molar-refractivity contribution >= 4 is 41.3 Å². The summed E-state index contributed by atoms with van der Waals surface area (Å²) in [6.45, 7) is 5.06. The Balaban J connectivity index is 0.00000180. The molecule has 1 aromatic rings. The first-order chi connectivity index (χ1) is 8.62. The number of rotatable bonds is 5. The van der Waals surface area contributed by atoms with Crippen molar-refractivity contribution in [3.8, 4) is 0 Å². The van der Waals surface area contributed by atoms with Gasteiger partial charge < -0.3 is 15.7 Å². The van der Waals surface area contributed by atoms with Crippen LogP contribution in [0.3, 0.4) is 0 Å². The molecule has 3 N–H and O–H groups in total. The van der Waals surface area contributed by atoms with E-state index in [1.54, 1.807) is 11.3 Å². The molecule has 1 heterocycles. The highest BCUT2D eigenvalue weighted by Crippen LogP contribution is 2.25. The molecule has 1 aromatic heterocycles. The average molecular weight is 395 g/mol. The topological polar surface area (TPSA) is 56.7 Å². The number of hydrogen-bond donors (Lipinski definition) is 3. The van der Waals surface area contributed by atoms with E-state index in [9.17, 15) is 5.11 Å². The first kappa shape index (κ1) is 16.7. The predicted molar refractivity (Wildman–Crippen MR) is 91.4 cm³/mol. The van der Waals surface area contributed by atoms with Gasteiger partial charge in [-0.25, -0.2) is 4.99 Å². The molecule has 0 radical (unpaired) electrons. The third-order valence-electron chi connectivity index (χ3n) is 2.86. The lowest BCUT2D eigenvalue weighted by atomic mass is 10.1. The quantitative estimate of drug-likeness (QED) is 0.408. The molecule has 1 fully saturated rings. The predicted octanol–water partition coefficient (Wildman–Crippen LogP) is 2.29. The molecule has 0 saturated heterocycles. The lowest BCUT2D eigenvalue weighted by molar-refractivity contribution is 0.0711. The second-order valence-electron chi connectivity index (χ2n) is 4.86. The van der Waals surface area contributed by atoms with Gasteiger partial charge in [-0.1, -0.05) is 6.07 Å². The van der Waals surface area contributed by atoms with Crippen LogP contribution in [0.2, 0.25) is 0 Å². The van der Waals surface area contributed by atoms with E-state index in [2.05, 4.69) is 15.6 Å². The summed E-state index contributed by atoms with van der Waals surface area (Å²) in [5.74, 6) is 0.803. The highest BCUT2D eigenvalue weighted by molar-refractivity contribution is 14.0. The summed E-state index contributed by atoms with van der Waals surface area (Å²) in [7, 11) is 0. The van der Waals surface area contributed by atoms with Crippen LogP contribution in [-0.2, 0) is 5.60 Å². The zero-order chi connectivity index (χ0) is 13.0. The summed E-state index contributed by atoms with van der Waals surface area (Å²) in [6.07, 6.45) is 2.43. The van der Waals surface area contributed by atoms with Crippen molar-refractivity contribution in [1.29, 1.82) is 0 Å². The summed E-state index contributed by atoms with van der Waals surface area (Å²) < 4.78 is 0. The SMILES string of the molecule is CCNC(=NCC(C)(O)c1cccs1)NC1CC1.I. The highest BCUT2D eigenvalue weighted by Gasteiger charge is 2.25. The number of guanidine groups is 1. The number of nitrogens with one attached hydrogen (secondary N) is 2. The number of nitrogens with zero attached hydrogens (tertiary/aromatic N) is 1. The zero-order valence-corrected chi connectivity index (χ0v) is 14.5. The minimum absolute atomic E-state index is 0. The normalized spacial score (nSPS) is 18.4. The van der Waals surface area contributed by atoms with Gasteiger partial charge in [0.05, 0.1) is 6.54 Å². The first-order valence-electron chi connectivity index (χ1n) is 6.43. The fourth-order valence-corrected chi connectivity index (χ4v) is 2.42. The standard InChI is InChI=1S/C13H21N3OS.HI/c1-3-14-12(16-10-6-7-10)15-9-13(2,17)11-5-4-8-18-11;/h4-5,8,10,17H,3,6-7,9H2,1-2H3,(H2,14,15,16);1H. The van der Waals surface area contributed by atoms with Gasteiger partial charge in [0.1, 0.15) is 5.60 Å². The Kier molecular flexibility index (Phi) is 6.55. The minimum atomic E-state index is -0.889. The van der Waals surface area contributed by atoms with Gasteiger partial charge in [-0.15, -0.1) is 35.3 Å². The van der Waals surface area contributed by atoms with Gasteiger partial charge in [0.2, 0.25) is 0 Å². The van der Waals surface area contributed by atoms with Crippen LogP contribution >= 0.6 is 35.3 Å². The van der Waals surface area contributed by atoms with Crippen molar-refractivity contribution in [2.75, 3.05) is 13.1 Å². The maximum absolute atomic E-state index is 10.4. The summed E-state index contributed by atoms with van der Waals surface area (Å²) in [5.41, 5.74) is -0.889. The molecular weight excluding hydrogens is 373 g/mol. The van der Waals surface area contributed by atoms with Crippen molar-refractivity contribution in [2.45, 2.75) is 38.3 Å². The molecule has 1 atom stereocenters. The molecule has 4 nitrogen and oxygen atoms in total. The average Bonchev–Trinajstić information content (AvgIpc) is 2.96. The highest BCUT2D eigenvalue weighted by atomic mass is 127. The summed E-state index contributed by atoms with van der Waals surface area (Å²) in [5, 5.41) is 18.9. The van der Waals surface area contributed by atoms with Gasteiger partial charge in [-0.05, 0) is 38.1 Å². The molecule has 2 rings (SSSR count). The third-order valence-corrected chi connectivity index (χ3v) is 3.98. The van der Waals surface area contributed by atoms with Gasteiger partial charge in [-0.2, -0.15) is 0 Å². The number of halogens is 1. The smallest absolute Gasteiger partial charge is 0.191 e. The molecule has 1 aliphatic carbocycles. The molecule has 0 aliphatic heterocycles. The molecule has 0 bridgehead atoms. The minimum Gasteiger partial charge on any atom is -0.383 e. The monoisotopic (exact) mass is 395 g/mol. The van der Waals surface area contributed by atoms with E-state index in [1.807, 2.05) is 31.4 Å². The van der Waals surface area contributed by atoms with E-state index < -0.39 is 5.60 Å². The second kappa shape index (κ2) is 7.44. The Hall–Kier alpha value is -0.340. The molecule has 6 heteroatoms. The molecular formula is C13H22IN3OS. The van der Waals surface area contributed by atoms with Crippen LogP contribution < -0.4 is 10.6 Å². The van der Waals surface area contributed by atoms with Crippen LogP contribution in [0, 0.1) is 0 Å². The summed E-state index contributed by atoms with van der Waals surface area (Å²) >= 11 is 1.56. The van der Waals surface area contributed by atoms with Crippen LogP contribution in [0.4, 0.5) is 0 Å². The number of thiophene rings is 1. The lowest BCUT2D eigenvalue weighted by Crippen LogP contribution is -2.39. The van der Waals surface area contributed by atoms with Gasteiger partial charge >= 0.3 is 0 Å². The van der Waals surface area contributed by atoms with Crippen molar-refractivity contribution in [1.82, 2.24) is 10.6 Å². The molecule has 19 heavy (non-hydrogen) atoms. The van der Waals surface area contributed by atoms with E-state index in [0.29, 0.717) is 12.6 Å². The van der Waals surface area contributed by atoms with Crippen LogP contribution in [0.5, 0.6) is 0 Å². The Morgan fingerprint density at radius 2 is 2.32 bits per heavy atom. The maximum atomic E-state index is 10.4. The summed E-state index contributed by atoms with van der Waals surface area (Å²) in [4.78, 5) is 5.42. The zero-order valence-electron chi connectivity index (χ0n) is 11.3. The van der Waals surface area contributed by atoms with Gasteiger partial charge in [0, 0.05) is 17.5 Å². The lowest BCUT2D eigenvalue weighted by Gasteiger charge is -2.20. The molecule has 1 saturated carbocycles. The number of aliphatic hydroxyl groups is 1. The molecule has 1 unspecified atom stereocenters. The van der Waals surface area contributed by atoms with Crippen molar-refractivity contribution in [3.05, 3.63) is 22.4 Å². The van der Waals surface area contributed by atoms with E-state index in [-0.39, 0.29) is 24.0 Å². The fraction of sp³-hybridized carbons (Fsp3) is 0.615. The van der Waals surface area contributed by atoms with Crippen LogP contribution in [0.15, 0.2) is 22.5 Å². The van der Waals surface area contributed by atoms with E-state index in [4.69, 9.17) is 0 Å². The Bertz CT molecular complexity index is 402. The Morgan fingerprint density at radius 1 is 1.58 bits per heavy atom. The molecule has 108 valence electrons. The van der Waals surface area contributed by atoms with Crippen LogP contribution in [0.25, 0.3) is 0 Å². The molecule has 0 amide bonds. The molecule has 1 aliphatic rings. The number of aliphatic imine (C=N–C) groups is 1. The van der Waals surface area contributed by atoms with E-state index in [1.165, 1.54) is 12.8 Å². The van der Waals surface area contributed by atoms with E-state index >= 15 is 0 Å². The first-order valence-corrected chi connectivity index (χ1v) is 7.31. The van der Waals surface area contributed by atoms with Gasteiger partial charge in [-0.3, -0.25) is 0 Å².